The molecule has 5 atom stereocenters. The van der Waals surface area contributed by atoms with Gasteiger partial charge >= 0.3 is 0 Å². The normalized spacial score (nSPS) is 62.5. The van der Waals surface area contributed by atoms with Crippen LogP contribution < -0.4 is 0 Å². The molecule has 12 heavy (non-hydrogen) atoms. The first kappa shape index (κ1) is 7.34. The molecule has 0 aliphatic heterocycles. The Morgan fingerprint density at radius 3 is 2.08 bits per heavy atom. The maximum absolute atomic E-state index is 10.1. The average molecular weight is 168 g/mol. The molecule has 0 heterocycles. The zero-order valence-corrected chi connectivity index (χ0v) is 7.24. The van der Waals surface area contributed by atoms with Crippen LogP contribution >= 0.6 is 0 Å². The first-order valence-electron chi connectivity index (χ1n) is 5.07. The quantitative estimate of drug-likeness (QED) is 0.564. The molecule has 4 rings (SSSR count). The van der Waals surface area contributed by atoms with Crippen molar-refractivity contribution in [2.75, 3.05) is 0 Å². The summed E-state index contributed by atoms with van der Waals surface area (Å²) in [5.74, 6) is 1.55. The highest BCUT2D eigenvalue weighted by atomic mass is 16.3. The highest BCUT2D eigenvalue weighted by molar-refractivity contribution is 5.05. The summed E-state index contributed by atoms with van der Waals surface area (Å²) in [6.07, 6.45) is 4.97. The molecule has 68 valence electrons. The molecule has 2 heteroatoms. The highest BCUT2D eigenvalue weighted by Crippen LogP contribution is 2.55. The molecule has 4 fully saturated rings. The minimum absolute atomic E-state index is 0.0955. The van der Waals surface area contributed by atoms with Crippen LogP contribution in [0.1, 0.15) is 32.1 Å². The molecule has 0 aromatic heterocycles. The van der Waals surface area contributed by atoms with Gasteiger partial charge in [0, 0.05) is 0 Å². The Morgan fingerprint density at radius 1 is 1.00 bits per heavy atom. The fourth-order valence-electron chi connectivity index (χ4n) is 3.95. The van der Waals surface area contributed by atoms with Crippen LogP contribution in [0.3, 0.4) is 0 Å². The lowest BCUT2D eigenvalue weighted by molar-refractivity contribution is -0.175. The van der Waals surface area contributed by atoms with Gasteiger partial charge in [-0.05, 0) is 49.9 Å². The molecule has 2 N–H and O–H groups in total. The smallest absolute Gasteiger partial charge is 0.0657 e. The van der Waals surface area contributed by atoms with Crippen molar-refractivity contribution in [2.24, 2.45) is 17.8 Å². The van der Waals surface area contributed by atoms with Gasteiger partial charge in [-0.25, -0.2) is 0 Å². The maximum Gasteiger partial charge on any atom is 0.0657 e. The summed E-state index contributed by atoms with van der Waals surface area (Å²) in [4.78, 5) is 0. The number of rotatable bonds is 0. The van der Waals surface area contributed by atoms with Crippen LogP contribution in [0.2, 0.25) is 0 Å². The highest BCUT2D eigenvalue weighted by Gasteiger charge is 2.54. The topological polar surface area (TPSA) is 40.5 Å². The first-order chi connectivity index (χ1) is 5.66. The van der Waals surface area contributed by atoms with Crippen molar-refractivity contribution in [3.8, 4) is 0 Å². The fraction of sp³-hybridized carbons (Fsp3) is 1.00. The minimum atomic E-state index is -0.379. The van der Waals surface area contributed by atoms with Crippen LogP contribution in [-0.4, -0.2) is 21.9 Å². The number of hydrogen-bond acceptors (Lipinski definition) is 2. The molecule has 4 unspecified atom stereocenters. The molecule has 4 aliphatic carbocycles. The van der Waals surface area contributed by atoms with E-state index in [1.165, 1.54) is 12.8 Å². The maximum atomic E-state index is 10.1. The van der Waals surface area contributed by atoms with Crippen molar-refractivity contribution in [2.45, 2.75) is 43.8 Å². The summed E-state index contributed by atoms with van der Waals surface area (Å²) < 4.78 is 0. The van der Waals surface area contributed by atoms with Gasteiger partial charge in [0.25, 0.3) is 0 Å². The van der Waals surface area contributed by atoms with Crippen molar-refractivity contribution in [1.82, 2.24) is 0 Å². The van der Waals surface area contributed by atoms with E-state index < -0.39 is 0 Å². The fourth-order valence-corrected chi connectivity index (χ4v) is 3.95. The second-order valence-electron chi connectivity index (χ2n) is 5.18. The lowest BCUT2D eigenvalue weighted by Gasteiger charge is -2.56. The Kier molecular flexibility index (Phi) is 1.25. The third kappa shape index (κ3) is 0.826. The monoisotopic (exact) mass is 168 g/mol. The van der Waals surface area contributed by atoms with E-state index in [2.05, 4.69) is 0 Å². The van der Waals surface area contributed by atoms with Gasteiger partial charge in [0.05, 0.1) is 11.7 Å². The van der Waals surface area contributed by atoms with Crippen LogP contribution in [0.4, 0.5) is 0 Å². The van der Waals surface area contributed by atoms with Crippen molar-refractivity contribution in [3.63, 3.8) is 0 Å². The Balaban J connectivity index is 1.95. The van der Waals surface area contributed by atoms with Gasteiger partial charge in [0.15, 0.2) is 0 Å². The van der Waals surface area contributed by atoms with Crippen molar-refractivity contribution >= 4 is 0 Å². The number of aliphatic hydroxyl groups is 2. The van der Waals surface area contributed by atoms with Crippen LogP contribution in [0.5, 0.6) is 0 Å². The summed E-state index contributed by atoms with van der Waals surface area (Å²) in [6.45, 7) is 0. The van der Waals surface area contributed by atoms with Crippen LogP contribution in [0, 0.1) is 17.8 Å². The van der Waals surface area contributed by atoms with Gasteiger partial charge in [0.2, 0.25) is 0 Å². The zero-order chi connectivity index (χ0) is 8.34. The second-order valence-corrected chi connectivity index (χ2v) is 5.18. The largest absolute Gasteiger partial charge is 0.393 e. The van der Waals surface area contributed by atoms with E-state index in [-0.39, 0.29) is 11.7 Å². The molecule has 0 amide bonds. The van der Waals surface area contributed by atoms with E-state index in [0.717, 1.165) is 25.2 Å². The van der Waals surface area contributed by atoms with Crippen LogP contribution in [0.15, 0.2) is 0 Å². The van der Waals surface area contributed by atoms with E-state index in [1.807, 2.05) is 0 Å². The Labute approximate surface area is 72.6 Å². The van der Waals surface area contributed by atoms with Crippen molar-refractivity contribution in [1.29, 1.82) is 0 Å². The summed E-state index contributed by atoms with van der Waals surface area (Å²) in [5.41, 5.74) is -0.379. The molecule has 0 aromatic carbocycles. The van der Waals surface area contributed by atoms with E-state index in [9.17, 15) is 10.2 Å². The Bertz CT molecular complexity index is 198. The summed E-state index contributed by atoms with van der Waals surface area (Å²) >= 11 is 0. The molecule has 2 nitrogen and oxygen atoms in total. The standard InChI is InChI=1S/C10H16O2/c11-9-7-1-6-2-8(9)5-10(12,3-6)4-7/h6-9,11-12H,1-5H2/t6?,7-,8?,9?,10?/m0/s1. The van der Waals surface area contributed by atoms with Crippen LogP contribution in [0.25, 0.3) is 0 Å². The van der Waals surface area contributed by atoms with Gasteiger partial charge in [-0.2, -0.15) is 0 Å². The Hall–Kier alpha value is -0.0800. The van der Waals surface area contributed by atoms with E-state index in [0.29, 0.717) is 11.8 Å². The molecule has 0 radical (unpaired) electrons. The molecule has 0 saturated heterocycles. The lowest BCUT2D eigenvalue weighted by Crippen LogP contribution is -2.56. The molecule has 4 bridgehead atoms. The number of aliphatic hydroxyl groups excluding tert-OH is 1. The van der Waals surface area contributed by atoms with Gasteiger partial charge < -0.3 is 10.2 Å². The Morgan fingerprint density at radius 2 is 1.58 bits per heavy atom. The van der Waals surface area contributed by atoms with E-state index in [4.69, 9.17) is 0 Å². The van der Waals surface area contributed by atoms with Crippen molar-refractivity contribution in [3.05, 3.63) is 0 Å². The zero-order valence-electron chi connectivity index (χ0n) is 7.24. The summed E-state index contributed by atoms with van der Waals surface area (Å²) in [6, 6.07) is 0. The molecular formula is C10H16O2. The third-order valence-electron chi connectivity index (χ3n) is 4.19. The van der Waals surface area contributed by atoms with Gasteiger partial charge in [-0.15, -0.1) is 0 Å². The molecule has 4 aliphatic rings. The van der Waals surface area contributed by atoms with Crippen LogP contribution in [-0.2, 0) is 0 Å². The predicted molar refractivity (Wildman–Crippen MR) is 44.5 cm³/mol. The van der Waals surface area contributed by atoms with Gasteiger partial charge in [0.1, 0.15) is 0 Å². The second kappa shape index (κ2) is 2.05. The molecular weight excluding hydrogens is 152 g/mol. The third-order valence-corrected chi connectivity index (χ3v) is 4.19. The van der Waals surface area contributed by atoms with Gasteiger partial charge in [-0.3, -0.25) is 0 Å². The van der Waals surface area contributed by atoms with E-state index >= 15 is 0 Å². The van der Waals surface area contributed by atoms with E-state index in [1.54, 1.807) is 0 Å². The molecule has 0 aromatic rings. The van der Waals surface area contributed by atoms with Crippen molar-refractivity contribution < 1.29 is 10.2 Å². The van der Waals surface area contributed by atoms with Gasteiger partial charge in [-0.1, -0.05) is 0 Å². The summed E-state index contributed by atoms with van der Waals surface area (Å²) in [5, 5.41) is 19.9. The first-order valence-corrected chi connectivity index (χ1v) is 5.07. The average Bonchev–Trinajstić information content (AvgIpc) is 1.96. The predicted octanol–water partition coefficient (Wildman–Crippen LogP) is 0.918. The SMILES string of the molecule is OC1C2CC3C[C@H]1CC(O)(C3)C2. The number of hydrogen-bond donors (Lipinski definition) is 2. The molecule has 4 saturated carbocycles. The lowest BCUT2D eigenvalue weighted by atomic mass is 9.53. The molecule has 0 spiro atoms. The summed E-state index contributed by atoms with van der Waals surface area (Å²) in [7, 11) is 0. The minimum Gasteiger partial charge on any atom is -0.393 e.